The molecule has 1 saturated heterocycles. The molecule has 0 aromatic carbocycles. The average molecular weight is 290 g/mol. The number of nitrogens with one attached hydrogen (secondary N) is 1. The van der Waals surface area contributed by atoms with Crippen molar-refractivity contribution in [2.24, 2.45) is 0 Å². The molecule has 0 aliphatic carbocycles. The predicted octanol–water partition coefficient (Wildman–Crippen LogP) is 0.593. The second-order valence-corrected chi connectivity index (χ2v) is 5.45. The maximum absolute atomic E-state index is 12.4. The quantitative estimate of drug-likeness (QED) is 0.630. The fourth-order valence-corrected chi connectivity index (χ4v) is 2.84. The van der Waals surface area contributed by atoms with Crippen LogP contribution in [0.15, 0.2) is 0 Å². The normalized spacial score (nSPS) is 19.4. The van der Waals surface area contributed by atoms with Crippen LogP contribution in [0.4, 0.5) is 0 Å². The molecule has 1 atom stereocenters. The van der Waals surface area contributed by atoms with Gasteiger partial charge in [-0.3, -0.25) is 4.79 Å². The molecular formula is C13H26N2O3S. The summed E-state index contributed by atoms with van der Waals surface area (Å²) in [6, 6.07) is -0.0537. The molecule has 6 heteroatoms. The lowest BCUT2D eigenvalue weighted by molar-refractivity contribution is -0.134. The zero-order chi connectivity index (χ0) is 13.9. The third-order valence-corrected chi connectivity index (χ3v) is 4.01. The minimum absolute atomic E-state index is 0.0537. The Morgan fingerprint density at radius 3 is 2.37 bits per heavy atom. The Kier molecular flexibility index (Phi) is 9.24. The van der Waals surface area contributed by atoms with Gasteiger partial charge in [0, 0.05) is 44.4 Å². The minimum Gasteiger partial charge on any atom is -0.380 e. The van der Waals surface area contributed by atoms with Gasteiger partial charge < -0.3 is 19.7 Å². The van der Waals surface area contributed by atoms with E-state index in [4.69, 9.17) is 9.47 Å². The molecule has 0 aromatic heterocycles. The fourth-order valence-electron chi connectivity index (χ4n) is 1.91. The zero-order valence-corrected chi connectivity index (χ0v) is 12.8. The Morgan fingerprint density at radius 1 is 1.26 bits per heavy atom. The van der Waals surface area contributed by atoms with Gasteiger partial charge in [-0.15, -0.1) is 0 Å². The van der Waals surface area contributed by atoms with Crippen molar-refractivity contribution in [1.82, 2.24) is 10.2 Å². The lowest BCUT2D eigenvalue weighted by atomic mass is 10.2. The summed E-state index contributed by atoms with van der Waals surface area (Å²) in [6.07, 6.45) is 0. The summed E-state index contributed by atoms with van der Waals surface area (Å²) in [5.41, 5.74) is 0. The highest BCUT2D eigenvalue weighted by Gasteiger charge is 2.25. The SMILES string of the molecule is CCOCCN(CCOCC)C(=O)C1CSCCN1. The molecule has 0 bridgehead atoms. The van der Waals surface area contributed by atoms with Crippen LogP contribution in [0.1, 0.15) is 13.8 Å². The highest BCUT2D eigenvalue weighted by atomic mass is 32.2. The van der Waals surface area contributed by atoms with Gasteiger partial charge >= 0.3 is 0 Å². The van der Waals surface area contributed by atoms with E-state index in [1.807, 2.05) is 30.5 Å². The topological polar surface area (TPSA) is 50.8 Å². The molecular weight excluding hydrogens is 264 g/mol. The van der Waals surface area contributed by atoms with Crippen molar-refractivity contribution in [2.75, 3.05) is 57.6 Å². The van der Waals surface area contributed by atoms with Crippen LogP contribution in [0.5, 0.6) is 0 Å². The van der Waals surface area contributed by atoms with Crippen LogP contribution in [0, 0.1) is 0 Å². The van der Waals surface area contributed by atoms with Crippen LogP contribution in [0.2, 0.25) is 0 Å². The van der Waals surface area contributed by atoms with Gasteiger partial charge in [-0.25, -0.2) is 0 Å². The lowest BCUT2D eigenvalue weighted by Crippen LogP contribution is -2.52. The van der Waals surface area contributed by atoms with Crippen LogP contribution in [-0.4, -0.2) is 74.4 Å². The van der Waals surface area contributed by atoms with Crippen molar-refractivity contribution in [1.29, 1.82) is 0 Å². The molecule has 0 aromatic rings. The summed E-state index contributed by atoms with van der Waals surface area (Å²) < 4.78 is 10.7. The van der Waals surface area contributed by atoms with Crippen molar-refractivity contribution in [3.05, 3.63) is 0 Å². The smallest absolute Gasteiger partial charge is 0.240 e. The molecule has 1 N–H and O–H groups in total. The van der Waals surface area contributed by atoms with Crippen LogP contribution in [0.3, 0.4) is 0 Å². The van der Waals surface area contributed by atoms with E-state index in [9.17, 15) is 4.79 Å². The number of hydrogen-bond acceptors (Lipinski definition) is 5. The molecule has 5 nitrogen and oxygen atoms in total. The second kappa shape index (κ2) is 10.5. The standard InChI is InChI=1S/C13H26N2O3S/c1-3-17-8-6-15(7-9-18-4-2)13(16)12-11-19-10-5-14-12/h12,14H,3-11H2,1-2H3. The Morgan fingerprint density at radius 2 is 1.89 bits per heavy atom. The number of amides is 1. The summed E-state index contributed by atoms with van der Waals surface area (Å²) >= 11 is 1.83. The van der Waals surface area contributed by atoms with Crippen molar-refractivity contribution < 1.29 is 14.3 Å². The predicted molar refractivity (Wildman–Crippen MR) is 78.7 cm³/mol. The number of nitrogens with zero attached hydrogens (tertiary/aromatic N) is 1. The van der Waals surface area contributed by atoms with Gasteiger partial charge in [0.05, 0.1) is 19.3 Å². The summed E-state index contributed by atoms with van der Waals surface area (Å²) in [6.45, 7) is 8.67. The number of hydrogen-bond donors (Lipinski definition) is 1. The number of rotatable bonds is 9. The summed E-state index contributed by atoms with van der Waals surface area (Å²) in [4.78, 5) is 14.3. The molecule has 1 fully saturated rings. The largest absolute Gasteiger partial charge is 0.380 e. The third-order valence-electron chi connectivity index (χ3n) is 2.95. The molecule has 1 aliphatic heterocycles. The van der Waals surface area contributed by atoms with Crippen molar-refractivity contribution in [2.45, 2.75) is 19.9 Å². The Labute approximate surface area is 120 Å². The number of thioether (sulfide) groups is 1. The fraction of sp³-hybridized carbons (Fsp3) is 0.923. The van der Waals surface area contributed by atoms with Crippen LogP contribution in [-0.2, 0) is 14.3 Å². The third kappa shape index (κ3) is 6.61. The van der Waals surface area contributed by atoms with E-state index in [2.05, 4.69) is 5.32 Å². The van der Waals surface area contributed by atoms with E-state index in [1.54, 1.807) is 0 Å². The second-order valence-electron chi connectivity index (χ2n) is 4.30. The molecule has 1 rings (SSSR count). The van der Waals surface area contributed by atoms with Crippen LogP contribution >= 0.6 is 11.8 Å². The van der Waals surface area contributed by atoms with E-state index in [1.165, 1.54) is 0 Å². The lowest BCUT2D eigenvalue weighted by Gasteiger charge is -2.29. The highest BCUT2D eigenvalue weighted by Crippen LogP contribution is 2.10. The van der Waals surface area contributed by atoms with E-state index in [0.29, 0.717) is 39.5 Å². The Hall–Kier alpha value is -0.300. The first kappa shape index (κ1) is 16.8. The molecule has 1 amide bonds. The molecule has 19 heavy (non-hydrogen) atoms. The van der Waals surface area contributed by atoms with Gasteiger partial charge in [-0.1, -0.05) is 0 Å². The first-order valence-electron chi connectivity index (χ1n) is 7.05. The summed E-state index contributed by atoms with van der Waals surface area (Å²) in [7, 11) is 0. The zero-order valence-electron chi connectivity index (χ0n) is 12.0. The average Bonchev–Trinajstić information content (AvgIpc) is 2.46. The molecule has 112 valence electrons. The minimum atomic E-state index is -0.0537. The van der Waals surface area contributed by atoms with Gasteiger partial charge in [0.25, 0.3) is 0 Å². The molecule has 0 radical (unpaired) electrons. The van der Waals surface area contributed by atoms with E-state index < -0.39 is 0 Å². The molecule has 0 saturated carbocycles. The molecule has 0 spiro atoms. The van der Waals surface area contributed by atoms with Gasteiger partial charge in [0.15, 0.2) is 0 Å². The van der Waals surface area contributed by atoms with E-state index in [-0.39, 0.29) is 11.9 Å². The van der Waals surface area contributed by atoms with Crippen molar-refractivity contribution in [3.8, 4) is 0 Å². The first-order chi connectivity index (χ1) is 9.29. The maximum atomic E-state index is 12.4. The van der Waals surface area contributed by atoms with Gasteiger partial charge in [0.1, 0.15) is 0 Å². The van der Waals surface area contributed by atoms with Gasteiger partial charge in [0.2, 0.25) is 5.91 Å². The summed E-state index contributed by atoms with van der Waals surface area (Å²) in [5.74, 6) is 2.12. The molecule has 1 unspecified atom stereocenters. The van der Waals surface area contributed by atoms with Gasteiger partial charge in [-0.2, -0.15) is 11.8 Å². The number of carbonyl (C=O) groups is 1. The number of carbonyl (C=O) groups excluding carboxylic acids is 1. The van der Waals surface area contributed by atoms with E-state index in [0.717, 1.165) is 18.1 Å². The first-order valence-corrected chi connectivity index (χ1v) is 8.20. The molecule has 1 heterocycles. The van der Waals surface area contributed by atoms with Crippen LogP contribution in [0.25, 0.3) is 0 Å². The van der Waals surface area contributed by atoms with Crippen LogP contribution < -0.4 is 5.32 Å². The Balaban J connectivity index is 2.41. The Bertz CT molecular complexity index is 238. The van der Waals surface area contributed by atoms with Crippen molar-refractivity contribution >= 4 is 17.7 Å². The van der Waals surface area contributed by atoms with Gasteiger partial charge in [-0.05, 0) is 13.8 Å². The highest BCUT2D eigenvalue weighted by molar-refractivity contribution is 7.99. The summed E-state index contributed by atoms with van der Waals surface area (Å²) in [5, 5.41) is 3.29. The maximum Gasteiger partial charge on any atom is 0.240 e. The number of ether oxygens (including phenoxy) is 2. The van der Waals surface area contributed by atoms with Crippen molar-refractivity contribution in [3.63, 3.8) is 0 Å². The molecule has 1 aliphatic rings. The van der Waals surface area contributed by atoms with E-state index >= 15 is 0 Å². The monoisotopic (exact) mass is 290 g/mol.